The van der Waals surface area contributed by atoms with E-state index in [0.29, 0.717) is 0 Å². The first kappa shape index (κ1) is 11.6. The lowest BCUT2D eigenvalue weighted by atomic mass is 10.2. The number of aromatic nitrogens is 2. The van der Waals surface area contributed by atoms with Crippen LogP contribution in [0.3, 0.4) is 0 Å². The van der Waals surface area contributed by atoms with Crippen LogP contribution in [0.2, 0.25) is 5.02 Å². The Hall–Kier alpha value is -2.20. The molecule has 100 valence electrons. The first-order chi connectivity index (χ1) is 9.79. The largest absolute Gasteiger partial charge is 0.454 e. The van der Waals surface area contributed by atoms with Crippen molar-refractivity contribution in [2.75, 3.05) is 6.79 Å². The van der Waals surface area contributed by atoms with Gasteiger partial charge in [0.2, 0.25) is 6.79 Å². The van der Waals surface area contributed by atoms with E-state index in [9.17, 15) is 0 Å². The fourth-order valence-electron chi connectivity index (χ4n) is 2.36. The monoisotopic (exact) mass is 286 g/mol. The van der Waals surface area contributed by atoms with Crippen molar-refractivity contribution in [1.29, 1.82) is 0 Å². The van der Waals surface area contributed by atoms with Crippen molar-refractivity contribution in [3.05, 3.63) is 53.3 Å². The van der Waals surface area contributed by atoms with Gasteiger partial charge in [0.15, 0.2) is 11.5 Å². The minimum Gasteiger partial charge on any atom is -0.454 e. The summed E-state index contributed by atoms with van der Waals surface area (Å²) in [6, 6.07) is 11.7. The first-order valence-corrected chi connectivity index (χ1v) is 6.66. The Labute approximate surface area is 120 Å². The molecule has 2 aromatic carbocycles. The molecule has 0 saturated heterocycles. The van der Waals surface area contributed by atoms with Crippen LogP contribution in [0.5, 0.6) is 11.5 Å². The molecule has 0 fully saturated rings. The lowest BCUT2D eigenvalue weighted by Crippen LogP contribution is -1.97. The Morgan fingerprint density at radius 3 is 2.65 bits per heavy atom. The van der Waals surface area contributed by atoms with Crippen LogP contribution < -0.4 is 9.47 Å². The molecule has 0 N–H and O–H groups in total. The highest BCUT2D eigenvalue weighted by molar-refractivity contribution is 6.30. The molecule has 1 aliphatic rings. The highest BCUT2D eigenvalue weighted by Gasteiger charge is 2.16. The lowest BCUT2D eigenvalue weighted by molar-refractivity contribution is 0.174. The summed E-state index contributed by atoms with van der Waals surface area (Å²) in [5, 5.41) is 0.743. The Balaban J connectivity index is 1.74. The third kappa shape index (κ3) is 1.89. The maximum absolute atomic E-state index is 5.90. The number of halogens is 1. The Morgan fingerprint density at radius 2 is 1.85 bits per heavy atom. The standard InChI is InChI=1S/C15H11ClN2O2/c16-11-3-1-10(2-4-11)7-18-8-17-12-5-14-15(6-13(12)18)20-9-19-14/h1-6,8H,7,9H2. The van der Waals surface area contributed by atoms with Gasteiger partial charge in [-0.25, -0.2) is 4.98 Å². The van der Waals surface area contributed by atoms with Crippen molar-refractivity contribution in [2.45, 2.75) is 6.54 Å². The average Bonchev–Trinajstić information content (AvgIpc) is 3.06. The van der Waals surface area contributed by atoms with Crippen LogP contribution in [0.4, 0.5) is 0 Å². The van der Waals surface area contributed by atoms with Gasteiger partial charge in [-0.3, -0.25) is 0 Å². The van der Waals surface area contributed by atoms with Crippen LogP contribution in [0, 0.1) is 0 Å². The molecule has 0 saturated carbocycles. The summed E-state index contributed by atoms with van der Waals surface area (Å²) < 4.78 is 12.9. The molecule has 3 aromatic rings. The third-order valence-corrected chi connectivity index (χ3v) is 3.63. The number of hydrogen-bond acceptors (Lipinski definition) is 3. The zero-order chi connectivity index (χ0) is 13.5. The van der Waals surface area contributed by atoms with E-state index in [1.165, 1.54) is 5.56 Å². The van der Waals surface area contributed by atoms with Crippen molar-refractivity contribution >= 4 is 22.6 Å². The predicted octanol–water partition coefficient (Wildman–Crippen LogP) is 3.47. The number of rotatable bonds is 2. The average molecular weight is 287 g/mol. The van der Waals surface area contributed by atoms with Crippen molar-refractivity contribution in [3.8, 4) is 11.5 Å². The molecule has 4 rings (SSSR count). The number of fused-ring (bicyclic) bond motifs is 2. The first-order valence-electron chi connectivity index (χ1n) is 6.28. The van der Waals surface area contributed by atoms with Gasteiger partial charge in [-0.1, -0.05) is 23.7 Å². The van der Waals surface area contributed by atoms with E-state index in [-0.39, 0.29) is 6.79 Å². The summed E-state index contributed by atoms with van der Waals surface area (Å²) in [6.45, 7) is 1.02. The van der Waals surface area contributed by atoms with E-state index in [4.69, 9.17) is 21.1 Å². The Bertz CT molecular complexity index is 780. The smallest absolute Gasteiger partial charge is 0.231 e. The maximum atomic E-state index is 5.90. The molecular weight excluding hydrogens is 276 g/mol. The second kappa shape index (κ2) is 4.42. The molecule has 0 bridgehead atoms. The SMILES string of the molecule is Clc1ccc(Cn2cnc3cc4c(cc32)OCO4)cc1. The fraction of sp³-hybridized carbons (Fsp3) is 0.133. The molecule has 0 radical (unpaired) electrons. The van der Waals surface area contributed by atoms with Crippen LogP contribution >= 0.6 is 11.6 Å². The molecule has 20 heavy (non-hydrogen) atoms. The van der Waals surface area contributed by atoms with Gasteiger partial charge in [-0.15, -0.1) is 0 Å². The lowest BCUT2D eigenvalue weighted by Gasteiger charge is -2.05. The van der Waals surface area contributed by atoms with Crippen molar-refractivity contribution in [1.82, 2.24) is 9.55 Å². The molecule has 1 aliphatic heterocycles. The van der Waals surface area contributed by atoms with E-state index in [2.05, 4.69) is 9.55 Å². The Kier molecular flexibility index (Phi) is 2.57. The normalized spacial score (nSPS) is 13.1. The van der Waals surface area contributed by atoms with Gasteiger partial charge >= 0.3 is 0 Å². The molecule has 0 amide bonds. The van der Waals surface area contributed by atoms with Crippen molar-refractivity contribution < 1.29 is 9.47 Å². The minimum atomic E-state index is 0.277. The van der Waals surface area contributed by atoms with E-state index in [1.54, 1.807) is 0 Å². The third-order valence-electron chi connectivity index (χ3n) is 3.38. The fourth-order valence-corrected chi connectivity index (χ4v) is 2.49. The zero-order valence-electron chi connectivity index (χ0n) is 10.5. The molecule has 1 aromatic heterocycles. The number of nitrogens with zero attached hydrogens (tertiary/aromatic N) is 2. The molecule has 2 heterocycles. The molecule has 5 heteroatoms. The van der Waals surface area contributed by atoms with Crippen LogP contribution in [0.1, 0.15) is 5.56 Å². The topological polar surface area (TPSA) is 36.3 Å². The summed E-state index contributed by atoms with van der Waals surface area (Å²) in [4.78, 5) is 4.41. The van der Waals surface area contributed by atoms with Crippen molar-refractivity contribution in [3.63, 3.8) is 0 Å². The summed E-state index contributed by atoms with van der Waals surface area (Å²) in [5.74, 6) is 1.53. The van der Waals surface area contributed by atoms with Crippen LogP contribution in [-0.2, 0) is 6.54 Å². The van der Waals surface area contributed by atoms with Gasteiger partial charge in [0.1, 0.15) is 0 Å². The van der Waals surface area contributed by atoms with Crippen LogP contribution in [-0.4, -0.2) is 16.3 Å². The van der Waals surface area contributed by atoms with E-state index in [1.807, 2.05) is 42.7 Å². The van der Waals surface area contributed by atoms with E-state index >= 15 is 0 Å². The summed E-state index contributed by atoms with van der Waals surface area (Å²) >= 11 is 5.90. The van der Waals surface area contributed by atoms with Crippen molar-refractivity contribution in [2.24, 2.45) is 0 Å². The van der Waals surface area contributed by atoms with Gasteiger partial charge in [0.25, 0.3) is 0 Å². The molecule has 0 unspecified atom stereocenters. The Morgan fingerprint density at radius 1 is 1.10 bits per heavy atom. The quantitative estimate of drug-likeness (QED) is 0.724. The highest BCUT2D eigenvalue weighted by atomic mass is 35.5. The summed E-state index contributed by atoms with van der Waals surface area (Å²) in [7, 11) is 0. The van der Waals surface area contributed by atoms with E-state index in [0.717, 1.165) is 34.1 Å². The number of imidazole rings is 1. The second-order valence-electron chi connectivity index (χ2n) is 4.69. The second-order valence-corrected chi connectivity index (χ2v) is 5.13. The summed E-state index contributed by atoms with van der Waals surface area (Å²) in [6.07, 6.45) is 1.83. The van der Waals surface area contributed by atoms with Crippen LogP contribution in [0.15, 0.2) is 42.7 Å². The number of ether oxygens (including phenoxy) is 2. The van der Waals surface area contributed by atoms with Gasteiger partial charge in [0.05, 0.1) is 17.4 Å². The van der Waals surface area contributed by atoms with Gasteiger partial charge in [-0.05, 0) is 17.7 Å². The molecule has 0 spiro atoms. The van der Waals surface area contributed by atoms with E-state index < -0.39 is 0 Å². The maximum Gasteiger partial charge on any atom is 0.231 e. The predicted molar refractivity (Wildman–Crippen MR) is 76.4 cm³/mol. The van der Waals surface area contributed by atoms with Crippen LogP contribution in [0.25, 0.3) is 11.0 Å². The molecular formula is C15H11ClN2O2. The number of hydrogen-bond donors (Lipinski definition) is 0. The highest BCUT2D eigenvalue weighted by Crippen LogP contribution is 2.35. The van der Waals surface area contributed by atoms with Gasteiger partial charge < -0.3 is 14.0 Å². The molecule has 0 aliphatic carbocycles. The minimum absolute atomic E-state index is 0.277. The van der Waals surface area contributed by atoms with Gasteiger partial charge in [-0.2, -0.15) is 0 Å². The zero-order valence-corrected chi connectivity index (χ0v) is 11.3. The number of benzene rings is 2. The molecule has 4 nitrogen and oxygen atoms in total. The summed E-state index contributed by atoms with van der Waals surface area (Å²) in [5.41, 5.74) is 3.11. The molecule has 0 atom stereocenters. The van der Waals surface area contributed by atoms with Gasteiger partial charge in [0, 0.05) is 23.7 Å².